The Morgan fingerprint density at radius 1 is 1.35 bits per heavy atom. The number of carbonyl (C=O) groups is 1. The Hall–Kier alpha value is -1.46. The number of aryl methyl sites for hydroxylation is 2. The van der Waals surface area contributed by atoms with E-state index in [1.165, 1.54) is 11.3 Å². The lowest BCUT2D eigenvalue weighted by Gasteiger charge is -2.06. The molecule has 0 unspecified atom stereocenters. The van der Waals surface area contributed by atoms with E-state index in [4.69, 9.17) is 11.6 Å². The predicted octanol–water partition coefficient (Wildman–Crippen LogP) is 3.17. The van der Waals surface area contributed by atoms with Crippen LogP contribution in [-0.2, 0) is 0 Å². The van der Waals surface area contributed by atoms with E-state index in [1.807, 2.05) is 0 Å². The van der Waals surface area contributed by atoms with E-state index >= 15 is 0 Å². The van der Waals surface area contributed by atoms with Crippen LogP contribution in [0.2, 0.25) is 4.34 Å². The molecule has 2 aromatic heterocycles. The van der Waals surface area contributed by atoms with Gasteiger partial charge in [-0.1, -0.05) is 11.6 Å². The van der Waals surface area contributed by atoms with Gasteiger partial charge in [0.15, 0.2) is 0 Å². The quantitative estimate of drug-likeness (QED) is 0.909. The summed E-state index contributed by atoms with van der Waals surface area (Å²) in [6, 6.07) is 3.49. The Morgan fingerprint density at radius 3 is 2.59 bits per heavy atom. The summed E-state index contributed by atoms with van der Waals surface area (Å²) in [4.78, 5) is 20.2. The van der Waals surface area contributed by atoms with E-state index in [9.17, 15) is 9.90 Å². The van der Waals surface area contributed by atoms with Crippen molar-refractivity contribution in [2.45, 2.75) is 13.8 Å². The van der Waals surface area contributed by atoms with Crippen molar-refractivity contribution < 1.29 is 9.90 Å². The van der Waals surface area contributed by atoms with E-state index in [1.54, 1.807) is 26.0 Å². The molecule has 0 aliphatic heterocycles. The molecule has 0 saturated carbocycles. The third kappa shape index (κ3) is 2.30. The summed E-state index contributed by atoms with van der Waals surface area (Å²) < 4.78 is 0.602. The molecule has 2 aromatic rings. The summed E-state index contributed by atoms with van der Waals surface area (Å²) in [6.07, 6.45) is 0. The number of aromatic nitrogens is 2. The smallest absolute Gasteiger partial charge is 0.339 e. The van der Waals surface area contributed by atoms with Crippen LogP contribution >= 0.6 is 22.9 Å². The fraction of sp³-hybridized carbons (Fsp3) is 0.182. The minimum absolute atomic E-state index is 0.133. The molecule has 0 aliphatic rings. The first-order chi connectivity index (χ1) is 7.99. The Kier molecular flexibility index (Phi) is 3.13. The zero-order valence-electron chi connectivity index (χ0n) is 9.19. The standard InChI is InChI=1S/C11H9ClN2O2S/c1-5-9(11(15)16)10(14-6(2)13-5)7-3-4-8(12)17-7/h3-4H,1-2H3,(H,15,16). The van der Waals surface area contributed by atoms with Crippen molar-refractivity contribution in [3.63, 3.8) is 0 Å². The summed E-state index contributed by atoms with van der Waals surface area (Å²) in [7, 11) is 0. The molecule has 6 heteroatoms. The van der Waals surface area contributed by atoms with Crippen LogP contribution < -0.4 is 0 Å². The maximum Gasteiger partial charge on any atom is 0.339 e. The number of carboxylic acids is 1. The molecule has 4 nitrogen and oxygen atoms in total. The first-order valence-corrected chi connectivity index (χ1v) is 6.02. The highest BCUT2D eigenvalue weighted by Gasteiger charge is 2.19. The van der Waals surface area contributed by atoms with Crippen LogP contribution in [0, 0.1) is 13.8 Å². The SMILES string of the molecule is Cc1nc(C)c(C(=O)O)c(-c2ccc(Cl)s2)n1. The van der Waals surface area contributed by atoms with Crippen LogP contribution in [0.1, 0.15) is 21.9 Å². The van der Waals surface area contributed by atoms with Crippen LogP contribution in [0.15, 0.2) is 12.1 Å². The monoisotopic (exact) mass is 268 g/mol. The molecule has 0 aromatic carbocycles. The van der Waals surface area contributed by atoms with Gasteiger partial charge in [-0.05, 0) is 26.0 Å². The van der Waals surface area contributed by atoms with E-state index < -0.39 is 5.97 Å². The Morgan fingerprint density at radius 2 is 2.06 bits per heavy atom. The number of nitrogens with zero attached hydrogens (tertiary/aromatic N) is 2. The number of aromatic carboxylic acids is 1. The van der Waals surface area contributed by atoms with Crippen LogP contribution in [0.5, 0.6) is 0 Å². The molecule has 0 atom stereocenters. The van der Waals surface area contributed by atoms with E-state index in [0.717, 1.165) is 4.88 Å². The summed E-state index contributed by atoms with van der Waals surface area (Å²) in [5.41, 5.74) is 1.03. The van der Waals surface area contributed by atoms with Crippen LogP contribution in [-0.4, -0.2) is 21.0 Å². The van der Waals surface area contributed by atoms with Gasteiger partial charge in [0.2, 0.25) is 0 Å². The van der Waals surface area contributed by atoms with Crippen molar-refractivity contribution in [2.75, 3.05) is 0 Å². The molecule has 17 heavy (non-hydrogen) atoms. The van der Waals surface area contributed by atoms with E-state index in [0.29, 0.717) is 21.5 Å². The second-order valence-electron chi connectivity index (χ2n) is 3.49. The molecule has 2 rings (SSSR count). The minimum atomic E-state index is -1.03. The molecule has 88 valence electrons. The van der Waals surface area contributed by atoms with Gasteiger partial charge in [-0.3, -0.25) is 0 Å². The van der Waals surface area contributed by atoms with Crippen molar-refractivity contribution >= 4 is 28.9 Å². The number of hydrogen-bond acceptors (Lipinski definition) is 4. The Bertz CT molecular complexity index is 595. The first-order valence-electron chi connectivity index (χ1n) is 4.83. The number of halogens is 1. The lowest BCUT2D eigenvalue weighted by atomic mass is 10.1. The van der Waals surface area contributed by atoms with Gasteiger partial charge >= 0.3 is 5.97 Å². The van der Waals surface area contributed by atoms with Crippen molar-refractivity contribution in [1.82, 2.24) is 9.97 Å². The van der Waals surface area contributed by atoms with Crippen LogP contribution in [0.25, 0.3) is 10.6 Å². The summed E-state index contributed by atoms with van der Waals surface area (Å²) >= 11 is 7.15. The second-order valence-corrected chi connectivity index (χ2v) is 5.20. The molecule has 2 heterocycles. The van der Waals surface area contributed by atoms with Gasteiger partial charge in [0.05, 0.1) is 20.6 Å². The normalized spacial score (nSPS) is 10.5. The predicted molar refractivity (Wildman–Crippen MR) is 66.8 cm³/mol. The fourth-order valence-electron chi connectivity index (χ4n) is 1.59. The highest BCUT2D eigenvalue weighted by atomic mass is 35.5. The van der Waals surface area contributed by atoms with Crippen LogP contribution in [0.3, 0.4) is 0 Å². The van der Waals surface area contributed by atoms with Crippen LogP contribution in [0.4, 0.5) is 0 Å². The van der Waals surface area contributed by atoms with Gasteiger partial charge in [0.1, 0.15) is 11.4 Å². The second kappa shape index (κ2) is 4.43. The van der Waals surface area contributed by atoms with Crippen molar-refractivity contribution in [2.24, 2.45) is 0 Å². The highest BCUT2D eigenvalue weighted by molar-refractivity contribution is 7.19. The maximum absolute atomic E-state index is 11.2. The van der Waals surface area contributed by atoms with Gasteiger partial charge in [0, 0.05) is 0 Å². The molecule has 0 saturated heterocycles. The molecule has 1 N–H and O–H groups in total. The number of thiophene rings is 1. The summed E-state index contributed by atoms with van der Waals surface area (Å²) in [6.45, 7) is 3.40. The first kappa shape index (κ1) is 12.0. The summed E-state index contributed by atoms with van der Waals surface area (Å²) in [5, 5.41) is 9.20. The zero-order valence-corrected chi connectivity index (χ0v) is 10.8. The Balaban J connectivity index is 2.71. The average molecular weight is 269 g/mol. The fourth-order valence-corrected chi connectivity index (χ4v) is 2.63. The van der Waals surface area contributed by atoms with Gasteiger partial charge < -0.3 is 5.11 Å². The van der Waals surface area contributed by atoms with E-state index in [-0.39, 0.29) is 5.56 Å². The lowest BCUT2D eigenvalue weighted by Crippen LogP contribution is -2.08. The van der Waals surface area contributed by atoms with Crippen molar-refractivity contribution in [3.8, 4) is 10.6 Å². The van der Waals surface area contributed by atoms with Gasteiger partial charge in [0.25, 0.3) is 0 Å². The topological polar surface area (TPSA) is 63.1 Å². The van der Waals surface area contributed by atoms with E-state index in [2.05, 4.69) is 9.97 Å². The molecular formula is C11H9ClN2O2S. The minimum Gasteiger partial charge on any atom is -0.478 e. The number of rotatable bonds is 2. The molecule has 0 radical (unpaired) electrons. The van der Waals surface area contributed by atoms with Gasteiger partial charge in [-0.15, -0.1) is 11.3 Å². The third-order valence-corrected chi connectivity index (χ3v) is 3.46. The maximum atomic E-state index is 11.2. The van der Waals surface area contributed by atoms with Crippen molar-refractivity contribution in [3.05, 3.63) is 33.6 Å². The van der Waals surface area contributed by atoms with Gasteiger partial charge in [-0.25, -0.2) is 14.8 Å². The molecule has 0 amide bonds. The largest absolute Gasteiger partial charge is 0.478 e. The molecule has 0 bridgehead atoms. The molecule has 0 fully saturated rings. The van der Waals surface area contributed by atoms with Crippen molar-refractivity contribution in [1.29, 1.82) is 0 Å². The third-order valence-electron chi connectivity index (χ3n) is 2.22. The Labute approximate surface area is 107 Å². The molecule has 0 spiro atoms. The number of hydrogen-bond donors (Lipinski definition) is 1. The van der Waals surface area contributed by atoms with Gasteiger partial charge in [-0.2, -0.15) is 0 Å². The number of carboxylic acid groups (broad SMARTS) is 1. The highest BCUT2D eigenvalue weighted by Crippen LogP contribution is 2.32. The zero-order chi connectivity index (χ0) is 12.6. The molecule has 0 aliphatic carbocycles. The lowest BCUT2D eigenvalue weighted by molar-refractivity contribution is 0.0696. The molecular weight excluding hydrogens is 260 g/mol. The average Bonchev–Trinajstić information content (AvgIpc) is 2.62. The summed E-state index contributed by atoms with van der Waals surface area (Å²) in [5.74, 6) is -0.478.